The number of halogens is 2. The van der Waals surface area contributed by atoms with Crippen molar-refractivity contribution in [1.82, 2.24) is 5.32 Å². The van der Waals surface area contributed by atoms with Gasteiger partial charge in [0.15, 0.2) is 0 Å². The molecule has 0 atom stereocenters. The first-order valence-electron chi connectivity index (χ1n) is 6.30. The van der Waals surface area contributed by atoms with Crippen LogP contribution < -0.4 is 10.6 Å². The molecule has 5 heteroatoms. The maximum Gasteiger partial charge on any atom is 0.323 e. The van der Waals surface area contributed by atoms with Gasteiger partial charge in [-0.1, -0.05) is 45.7 Å². The van der Waals surface area contributed by atoms with Crippen molar-refractivity contribution in [2.45, 2.75) is 6.92 Å². The zero-order valence-corrected chi connectivity index (χ0v) is 13.7. The minimum atomic E-state index is -0.318. The summed E-state index contributed by atoms with van der Waals surface area (Å²) in [5.74, 6) is 0. The Hall–Kier alpha value is -1.78. The van der Waals surface area contributed by atoms with Crippen LogP contribution in [0, 0.1) is 6.92 Å². The summed E-state index contributed by atoms with van der Waals surface area (Å²) in [7, 11) is 0. The minimum absolute atomic E-state index is 0.318. The molecule has 0 aliphatic rings. The molecule has 0 spiro atoms. The van der Waals surface area contributed by atoms with E-state index in [9.17, 15) is 4.79 Å². The molecule has 0 radical (unpaired) electrons. The summed E-state index contributed by atoms with van der Waals surface area (Å²) in [6.07, 6.45) is 3.40. The van der Waals surface area contributed by atoms with E-state index >= 15 is 0 Å². The molecule has 0 fully saturated rings. The van der Waals surface area contributed by atoms with E-state index in [2.05, 4.69) is 26.6 Å². The van der Waals surface area contributed by atoms with E-state index in [1.165, 1.54) is 0 Å². The largest absolute Gasteiger partial charge is 0.323 e. The summed E-state index contributed by atoms with van der Waals surface area (Å²) in [5, 5.41) is 5.98. The Kier molecular flexibility index (Phi) is 5.42. The van der Waals surface area contributed by atoms with Gasteiger partial charge in [0.05, 0.1) is 0 Å². The highest BCUT2D eigenvalue weighted by atomic mass is 79.9. The molecule has 108 valence electrons. The molecule has 0 unspecified atom stereocenters. The van der Waals surface area contributed by atoms with E-state index in [4.69, 9.17) is 11.6 Å². The first kappa shape index (κ1) is 15.6. The quantitative estimate of drug-likeness (QED) is 0.771. The van der Waals surface area contributed by atoms with Crippen LogP contribution in [0.4, 0.5) is 10.5 Å². The lowest BCUT2D eigenvalue weighted by molar-refractivity contribution is 0.255. The molecule has 2 amide bonds. The molecule has 3 nitrogen and oxygen atoms in total. The Morgan fingerprint density at radius 3 is 2.76 bits per heavy atom. The van der Waals surface area contributed by atoms with E-state index < -0.39 is 0 Å². The zero-order valence-electron chi connectivity index (χ0n) is 11.4. The summed E-state index contributed by atoms with van der Waals surface area (Å²) in [6.45, 7) is 1.91. The third-order valence-electron chi connectivity index (χ3n) is 2.77. The summed E-state index contributed by atoms with van der Waals surface area (Å²) in [5.41, 5.74) is 2.61. The van der Waals surface area contributed by atoms with Crippen molar-refractivity contribution in [3.8, 4) is 0 Å². The van der Waals surface area contributed by atoms with E-state index in [0.717, 1.165) is 15.6 Å². The average Bonchev–Trinajstić information content (AvgIpc) is 2.43. The number of carbonyl (C=O) groups is 1. The summed E-state index contributed by atoms with van der Waals surface area (Å²) >= 11 is 9.40. The molecule has 0 saturated carbocycles. The second kappa shape index (κ2) is 7.29. The van der Waals surface area contributed by atoms with Crippen LogP contribution in [0.5, 0.6) is 0 Å². The Morgan fingerprint density at radius 2 is 2.05 bits per heavy atom. The molecule has 0 aromatic heterocycles. The number of hydrogen-bond acceptors (Lipinski definition) is 1. The molecule has 0 heterocycles. The summed E-state index contributed by atoms with van der Waals surface area (Å²) < 4.78 is 0.989. The maximum absolute atomic E-state index is 11.7. The molecular weight excluding hydrogens is 352 g/mol. The zero-order chi connectivity index (χ0) is 15.2. The monoisotopic (exact) mass is 364 g/mol. The first-order chi connectivity index (χ1) is 10.0. The molecule has 0 aliphatic heterocycles. The van der Waals surface area contributed by atoms with Crippen LogP contribution in [0.15, 0.2) is 53.1 Å². The number of amides is 2. The molecule has 2 aromatic carbocycles. The number of rotatable bonds is 3. The van der Waals surface area contributed by atoms with E-state index in [1.54, 1.807) is 18.3 Å². The number of hydrogen-bond donors (Lipinski definition) is 2. The van der Waals surface area contributed by atoms with Crippen LogP contribution in [0.25, 0.3) is 6.08 Å². The van der Waals surface area contributed by atoms with Gasteiger partial charge in [-0.15, -0.1) is 0 Å². The summed E-state index contributed by atoms with van der Waals surface area (Å²) in [4.78, 5) is 11.7. The van der Waals surface area contributed by atoms with E-state index in [1.807, 2.05) is 43.3 Å². The topological polar surface area (TPSA) is 41.1 Å². The fourth-order valence-corrected chi connectivity index (χ4v) is 2.26. The number of carbonyl (C=O) groups excluding carboxylic acids is 1. The molecule has 0 bridgehead atoms. The van der Waals surface area contributed by atoms with Crippen LogP contribution >= 0.6 is 27.5 Å². The van der Waals surface area contributed by atoms with Crippen LogP contribution in [0.1, 0.15) is 11.1 Å². The lowest BCUT2D eigenvalue weighted by Crippen LogP contribution is -2.23. The molecule has 0 saturated heterocycles. The summed E-state index contributed by atoms with van der Waals surface area (Å²) in [6, 6.07) is 12.8. The predicted molar refractivity (Wildman–Crippen MR) is 91.5 cm³/mol. The molecule has 21 heavy (non-hydrogen) atoms. The SMILES string of the molecule is Cc1ccc(NC(=O)N/C=C/c2cccc(Br)c2)cc1Cl. The highest BCUT2D eigenvalue weighted by Gasteiger charge is 2.01. The fourth-order valence-electron chi connectivity index (χ4n) is 1.66. The van der Waals surface area contributed by atoms with Crippen LogP contribution in [0.3, 0.4) is 0 Å². The van der Waals surface area contributed by atoms with Crippen LogP contribution in [-0.2, 0) is 0 Å². The number of nitrogens with one attached hydrogen (secondary N) is 2. The standard InChI is InChI=1S/C16H14BrClN2O/c1-11-5-6-14(10-15(11)18)20-16(21)19-8-7-12-3-2-4-13(17)9-12/h2-10H,1H3,(H2,19,20,21)/b8-7+. The highest BCUT2D eigenvalue weighted by molar-refractivity contribution is 9.10. The van der Waals surface area contributed by atoms with Gasteiger partial charge in [-0.05, 0) is 48.4 Å². The van der Waals surface area contributed by atoms with Crippen molar-refractivity contribution < 1.29 is 4.79 Å². The molecule has 2 rings (SSSR count). The van der Waals surface area contributed by atoms with E-state index in [-0.39, 0.29) is 6.03 Å². The van der Waals surface area contributed by atoms with Crippen molar-refractivity contribution in [3.05, 3.63) is 69.3 Å². The van der Waals surface area contributed by atoms with Crippen molar-refractivity contribution in [2.24, 2.45) is 0 Å². The van der Waals surface area contributed by atoms with Crippen molar-refractivity contribution in [1.29, 1.82) is 0 Å². The first-order valence-corrected chi connectivity index (χ1v) is 7.47. The smallest absolute Gasteiger partial charge is 0.314 e. The van der Waals surface area contributed by atoms with Crippen molar-refractivity contribution >= 4 is 45.3 Å². The Labute approximate surface area is 137 Å². The average molecular weight is 366 g/mol. The lowest BCUT2D eigenvalue weighted by Gasteiger charge is -2.06. The number of benzene rings is 2. The van der Waals surface area contributed by atoms with Gasteiger partial charge >= 0.3 is 6.03 Å². The molecular formula is C16H14BrClN2O. The van der Waals surface area contributed by atoms with Crippen molar-refractivity contribution in [3.63, 3.8) is 0 Å². The maximum atomic E-state index is 11.7. The Bertz CT molecular complexity index is 686. The van der Waals surface area contributed by atoms with Gasteiger partial charge in [0.25, 0.3) is 0 Å². The van der Waals surface area contributed by atoms with Gasteiger partial charge in [0, 0.05) is 21.4 Å². The third kappa shape index (κ3) is 4.92. The lowest BCUT2D eigenvalue weighted by atomic mass is 10.2. The third-order valence-corrected chi connectivity index (χ3v) is 3.67. The number of aryl methyl sites for hydroxylation is 1. The Balaban J connectivity index is 1.91. The number of anilines is 1. The van der Waals surface area contributed by atoms with Gasteiger partial charge in [0.1, 0.15) is 0 Å². The fraction of sp³-hybridized carbons (Fsp3) is 0.0625. The highest BCUT2D eigenvalue weighted by Crippen LogP contribution is 2.19. The van der Waals surface area contributed by atoms with Gasteiger partial charge in [-0.2, -0.15) is 0 Å². The normalized spacial score (nSPS) is 10.6. The van der Waals surface area contributed by atoms with Gasteiger partial charge in [-0.25, -0.2) is 4.79 Å². The van der Waals surface area contributed by atoms with Crippen LogP contribution in [-0.4, -0.2) is 6.03 Å². The minimum Gasteiger partial charge on any atom is -0.314 e. The van der Waals surface area contributed by atoms with Gasteiger partial charge < -0.3 is 10.6 Å². The van der Waals surface area contributed by atoms with E-state index in [0.29, 0.717) is 10.7 Å². The second-order valence-corrected chi connectivity index (χ2v) is 5.77. The molecule has 2 aromatic rings. The molecule has 0 aliphatic carbocycles. The van der Waals surface area contributed by atoms with Crippen molar-refractivity contribution in [2.75, 3.05) is 5.32 Å². The Morgan fingerprint density at radius 1 is 1.24 bits per heavy atom. The number of urea groups is 1. The van der Waals surface area contributed by atoms with Gasteiger partial charge in [0.2, 0.25) is 0 Å². The van der Waals surface area contributed by atoms with Gasteiger partial charge in [-0.3, -0.25) is 0 Å². The predicted octanol–water partition coefficient (Wildman–Crippen LogP) is 5.20. The molecule has 2 N–H and O–H groups in total. The second-order valence-electron chi connectivity index (χ2n) is 4.45. The van der Waals surface area contributed by atoms with Crippen LogP contribution in [0.2, 0.25) is 5.02 Å².